The number of sulfonamides is 1. The van der Waals surface area contributed by atoms with Gasteiger partial charge in [0, 0.05) is 29.7 Å². The highest BCUT2D eigenvalue weighted by atomic mass is 32.2. The van der Waals surface area contributed by atoms with Crippen LogP contribution in [0, 0.1) is 6.92 Å². The maximum absolute atomic E-state index is 13.4. The van der Waals surface area contributed by atoms with Crippen LogP contribution in [0.1, 0.15) is 27.7 Å². The normalized spacial score (nSPS) is 11.5. The van der Waals surface area contributed by atoms with Crippen molar-refractivity contribution in [2.24, 2.45) is 0 Å². The number of nitrogens with one attached hydrogen (secondary N) is 1. The number of anilines is 1. The minimum Gasteiger partial charge on any atom is -0.495 e. The summed E-state index contributed by atoms with van der Waals surface area (Å²) in [5.74, 6) is -0.252. The molecule has 1 amide bonds. The van der Waals surface area contributed by atoms with Gasteiger partial charge in [0.15, 0.2) is 5.13 Å². The minimum absolute atomic E-state index is 0.0502. The van der Waals surface area contributed by atoms with Gasteiger partial charge < -0.3 is 4.74 Å². The maximum atomic E-state index is 13.4. The van der Waals surface area contributed by atoms with Gasteiger partial charge in [-0.2, -0.15) is 4.31 Å². The molecule has 0 spiro atoms. The average molecular weight is 446 g/mol. The summed E-state index contributed by atoms with van der Waals surface area (Å²) in [6, 6.07) is 13.7. The lowest BCUT2D eigenvalue weighted by atomic mass is 10.2. The van der Waals surface area contributed by atoms with Crippen LogP contribution < -0.4 is 10.1 Å². The maximum Gasteiger partial charge on any atom is 0.257 e. The first-order chi connectivity index (χ1) is 14.3. The van der Waals surface area contributed by atoms with E-state index in [0.29, 0.717) is 5.13 Å². The molecule has 7 nitrogen and oxygen atoms in total. The highest BCUT2D eigenvalue weighted by Crippen LogP contribution is 2.29. The van der Waals surface area contributed by atoms with E-state index in [2.05, 4.69) is 10.3 Å². The Kier molecular flexibility index (Phi) is 6.86. The third-order valence-electron chi connectivity index (χ3n) is 4.44. The average Bonchev–Trinajstić information content (AvgIpc) is 3.16. The molecule has 0 atom stereocenters. The van der Waals surface area contributed by atoms with Gasteiger partial charge in [0.25, 0.3) is 5.91 Å². The molecule has 0 fully saturated rings. The number of carbonyl (C=O) groups excluding carboxylic acids is 1. The molecule has 1 N–H and O–H groups in total. The molecule has 0 aliphatic carbocycles. The fraction of sp³-hybridized carbons (Fsp3) is 0.238. The quantitative estimate of drug-likeness (QED) is 0.568. The smallest absolute Gasteiger partial charge is 0.257 e. The molecule has 0 saturated carbocycles. The van der Waals surface area contributed by atoms with Crippen molar-refractivity contribution in [1.82, 2.24) is 9.29 Å². The first-order valence-electron chi connectivity index (χ1n) is 9.31. The van der Waals surface area contributed by atoms with E-state index in [9.17, 15) is 13.2 Å². The largest absolute Gasteiger partial charge is 0.495 e. The van der Waals surface area contributed by atoms with Gasteiger partial charge in [-0.25, -0.2) is 13.4 Å². The van der Waals surface area contributed by atoms with Crippen molar-refractivity contribution in [3.05, 3.63) is 70.7 Å². The lowest BCUT2D eigenvalue weighted by Crippen LogP contribution is -2.31. The Morgan fingerprint density at radius 3 is 2.53 bits per heavy atom. The SMILES string of the molecule is CCN(Cc1ccccc1)S(=O)(=O)c1cc(C(=O)Nc2ncc(C)s2)ccc1OC. The molecule has 3 aromatic rings. The second kappa shape index (κ2) is 9.38. The van der Waals surface area contributed by atoms with Crippen molar-refractivity contribution in [2.75, 3.05) is 19.0 Å². The summed E-state index contributed by atoms with van der Waals surface area (Å²) < 4.78 is 33.4. The first-order valence-corrected chi connectivity index (χ1v) is 11.6. The number of carbonyl (C=O) groups is 1. The third-order valence-corrected chi connectivity index (χ3v) is 7.21. The molecule has 3 rings (SSSR count). The summed E-state index contributed by atoms with van der Waals surface area (Å²) in [6.07, 6.45) is 1.66. The molecule has 0 unspecified atom stereocenters. The zero-order valence-electron chi connectivity index (χ0n) is 17.0. The zero-order chi connectivity index (χ0) is 21.7. The lowest BCUT2D eigenvalue weighted by Gasteiger charge is -2.22. The van der Waals surface area contributed by atoms with Crippen LogP contribution >= 0.6 is 11.3 Å². The zero-order valence-corrected chi connectivity index (χ0v) is 18.6. The summed E-state index contributed by atoms with van der Waals surface area (Å²) in [6.45, 7) is 4.15. The number of nitrogens with zero attached hydrogens (tertiary/aromatic N) is 2. The number of methoxy groups -OCH3 is 1. The van der Waals surface area contributed by atoms with Crippen LogP contribution in [0.2, 0.25) is 0 Å². The molecule has 0 radical (unpaired) electrons. The third kappa shape index (κ3) is 4.86. The first kappa shape index (κ1) is 21.9. The number of ether oxygens (including phenoxy) is 1. The van der Waals surface area contributed by atoms with Gasteiger partial charge in [-0.3, -0.25) is 10.1 Å². The van der Waals surface area contributed by atoms with E-state index in [1.807, 2.05) is 37.3 Å². The Hall–Kier alpha value is -2.75. The van der Waals surface area contributed by atoms with Crippen LogP contribution in [-0.2, 0) is 16.6 Å². The van der Waals surface area contributed by atoms with Crippen molar-refractivity contribution in [3.8, 4) is 5.75 Å². The van der Waals surface area contributed by atoms with Gasteiger partial charge in [-0.15, -0.1) is 11.3 Å². The van der Waals surface area contributed by atoms with E-state index >= 15 is 0 Å². The Morgan fingerprint density at radius 2 is 1.93 bits per heavy atom. The van der Waals surface area contributed by atoms with Crippen molar-refractivity contribution < 1.29 is 17.9 Å². The minimum atomic E-state index is -3.90. The van der Waals surface area contributed by atoms with Gasteiger partial charge in [-0.05, 0) is 30.7 Å². The molecule has 158 valence electrons. The highest BCUT2D eigenvalue weighted by Gasteiger charge is 2.28. The molecular formula is C21H23N3O4S2. The Labute approximate surface area is 180 Å². The van der Waals surface area contributed by atoms with E-state index in [4.69, 9.17) is 4.74 Å². The van der Waals surface area contributed by atoms with E-state index < -0.39 is 15.9 Å². The topological polar surface area (TPSA) is 88.6 Å². The monoisotopic (exact) mass is 445 g/mol. The second-order valence-electron chi connectivity index (χ2n) is 6.51. The number of aryl methyl sites for hydroxylation is 1. The number of hydrogen-bond acceptors (Lipinski definition) is 6. The molecule has 0 aliphatic rings. The Bertz CT molecular complexity index is 1130. The Balaban J connectivity index is 1.93. The van der Waals surface area contributed by atoms with Crippen LogP contribution in [0.4, 0.5) is 5.13 Å². The number of hydrogen-bond donors (Lipinski definition) is 1. The number of benzene rings is 2. The number of rotatable bonds is 8. The predicted molar refractivity (Wildman–Crippen MR) is 118 cm³/mol. The summed E-state index contributed by atoms with van der Waals surface area (Å²) in [4.78, 5) is 17.7. The van der Waals surface area contributed by atoms with Gasteiger partial charge >= 0.3 is 0 Å². The lowest BCUT2D eigenvalue weighted by molar-refractivity contribution is 0.102. The van der Waals surface area contributed by atoms with E-state index in [-0.39, 0.29) is 29.3 Å². The fourth-order valence-corrected chi connectivity index (χ4v) is 5.17. The van der Waals surface area contributed by atoms with Gasteiger partial charge in [-0.1, -0.05) is 37.3 Å². The van der Waals surface area contributed by atoms with Crippen molar-refractivity contribution in [3.63, 3.8) is 0 Å². The second-order valence-corrected chi connectivity index (χ2v) is 9.65. The molecular weight excluding hydrogens is 422 g/mol. The summed E-state index contributed by atoms with van der Waals surface area (Å²) in [5.41, 5.74) is 1.08. The van der Waals surface area contributed by atoms with Crippen LogP contribution in [0.5, 0.6) is 5.75 Å². The molecule has 0 saturated heterocycles. The van der Waals surface area contributed by atoms with Crippen molar-refractivity contribution in [2.45, 2.75) is 25.3 Å². The van der Waals surface area contributed by atoms with Crippen molar-refractivity contribution >= 4 is 32.4 Å². The van der Waals surface area contributed by atoms with E-state index in [1.165, 1.54) is 41.0 Å². The molecule has 30 heavy (non-hydrogen) atoms. The van der Waals surface area contributed by atoms with Crippen LogP contribution in [0.3, 0.4) is 0 Å². The van der Waals surface area contributed by atoms with Crippen LogP contribution in [0.15, 0.2) is 59.6 Å². The summed E-state index contributed by atoms with van der Waals surface area (Å²) in [5, 5.41) is 3.15. The Morgan fingerprint density at radius 1 is 1.20 bits per heavy atom. The number of thiazole rings is 1. The predicted octanol–water partition coefficient (Wildman–Crippen LogP) is 3.92. The number of aromatic nitrogens is 1. The molecule has 1 aromatic heterocycles. The van der Waals surface area contributed by atoms with E-state index in [0.717, 1.165) is 10.4 Å². The molecule has 0 bridgehead atoms. The molecule has 0 aliphatic heterocycles. The number of amides is 1. The van der Waals surface area contributed by atoms with Gasteiger partial charge in [0.2, 0.25) is 10.0 Å². The van der Waals surface area contributed by atoms with Gasteiger partial charge in [0.05, 0.1) is 7.11 Å². The van der Waals surface area contributed by atoms with Crippen LogP contribution in [-0.4, -0.2) is 37.3 Å². The standard InChI is InChI=1S/C21H23N3O4S2/c1-4-24(14-16-8-6-5-7-9-16)30(26,27)19-12-17(10-11-18(19)28-3)20(25)23-21-22-13-15(2)29-21/h5-13H,4,14H2,1-3H3,(H,22,23,25). The molecule has 9 heteroatoms. The fourth-order valence-electron chi connectivity index (χ4n) is 2.89. The molecule has 1 heterocycles. The molecule has 2 aromatic carbocycles. The summed E-state index contributed by atoms with van der Waals surface area (Å²) in [7, 11) is -2.50. The highest BCUT2D eigenvalue weighted by molar-refractivity contribution is 7.89. The van der Waals surface area contributed by atoms with Crippen molar-refractivity contribution in [1.29, 1.82) is 0 Å². The van der Waals surface area contributed by atoms with E-state index in [1.54, 1.807) is 13.1 Å². The van der Waals surface area contributed by atoms with Crippen LogP contribution in [0.25, 0.3) is 0 Å². The van der Waals surface area contributed by atoms with Gasteiger partial charge in [0.1, 0.15) is 10.6 Å². The summed E-state index contributed by atoms with van der Waals surface area (Å²) >= 11 is 1.34.